The Bertz CT molecular complexity index is 1000. The molecule has 1 aromatic heterocycles. The quantitative estimate of drug-likeness (QED) is 0.260. The predicted octanol–water partition coefficient (Wildman–Crippen LogP) is 6.70. The molecule has 0 spiro atoms. The minimum atomic E-state index is -0.361. The number of esters is 1. The van der Waals surface area contributed by atoms with Crippen LogP contribution in [-0.2, 0) is 16.1 Å². The number of nitrogens with zero attached hydrogens (tertiary/aromatic N) is 3. The van der Waals surface area contributed by atoms with E-state index in [1.807, 2.05) is 12.1 Å². The van der Waals surface area contributed by atoms with Gasteiger partial charge in [-0.25, -0.2) is 4.68 Å². The molecule has 0 fully saturated rings. The van der Waals surface area contributed by atoms with Crippen LogP contribution in [0.2, 0.25) is 15.1 Å². The topological polar surface area (TPSA) is 57.0 Å². The van der Waals surface area contributed by atoms with Crippen molar-refractivity contribution in [2.24, 2.45) is 0 Å². The molecule has 8 heteroatoms. The summed E-state index contributed by atoms with van der Waals surface area (Å²) in [5.74, 6) is -0.361. The van der Waals surface area contributed by atoms with Gasteiger partial charge in [0.25, 0.3) is 0 Å². The van der Waals surface area contributed by atoms with Gasteiger partial charge in [-0.3, -0.25) is 4.79 Å². The Morgan fingerprint density at radius 1 is 1.00 bits per heavy atom. The minimum Gasteiger partial charge on any atom is -0.464 e. The summed E-state index contributed by atoms with van der Waals surface area (Å²) in [5, 5.41) is 10.1. The SMILES string of the molecule is CCCCCCOC(=O)Cn1nnc(-c2ccc(Cl)cc2Cl)c1-c1ccc(Cl)cc1. The molecule has 0 saturated carbocycles. The molecule has 3 aromatic rings. The zero-order valence-electron chi connectivity index (χ0n) is 16.6. The molecular weight excluding hydrogens is 445 g/mol. The van der Waals surface area contributed by atoms with E-state index >= 15 is 0 Å². The normalized spacial score (nSPS) is 10.9. The van der Waals surface area contributed by atoms with Crippen molar-refractivity contribution in [2.45, 2.75) is 39.2 Å². The second-order valence-electron chi connectivity index (χ2n) is 6.86. The number of unbranched alkanes of at least 4 members (excludes halogenated alkanes) is 3. The third kappa shape index (κ3) is 5.75. The molecule has 2 aromatic carbocycles. The summed E-state index contributed by atoms with van der Waals surface area (Å²) in [4.78, 5) is 12.4. The second kappa shape index (κ2) is 10.8. The van der Waals surface area contributed by atoms with Gasteiger partial charge in [-0.1, -0.05) is 78.3 Å². The number of ether oxygens (including phenoxy) is 1. The first kappa shape index (κ1) is 22.6. The average Bonchev–Trinajstić information content (AvgIpc) is 3.11. The van der Waals surface area contributed by atoms with Crippen LogP contribution in [0.4, 0.5) is 0 Å². The lowest BCUT2D eigenvalue weighted by molar-refractivity contribution is -0.144. The molecule has 0 aliphatic rings. The fourth-order valence-electron chi connectivity index (χ4n) is 3.06. The van der Waals surface area contributed by atoms with Gasteiger partial charge in [0.1, 0.15) is 12.2 Å². The monoisotopic (exact) mass is 465 g/mol. The number of hydrogen-bond donors (Lipinski definition) is 0. The fraction of sp³-hybridized carbons (Fsp3) is 0.318. The smallest absolute Gasteiger partial charge is 0.327 e. The molecule has 0 N–H and O–H groups in total. The van der Waals surface area contributed by atoms with Crippen LogP contribution in [0.1, 0.15) is 32.6 Å². The van der Waals surface area contributed by atoms with Crippen LogP contribution < -0.4 is 0 Å². The van der Waals surface area contributed by atoms with E-state index in [-0.39, 0.29) is 12.5 Å². The van der Waals surface area contributed by atoms with Gasteiger partial charge in [-0.2, -0.15) is 0 Å². The molecule has 0 aliphatic carbocycles. The summed E-state index contributed by atoms with van der Waals surface area (Å²) >= 11 is 18.5. The number of halogens is 3. The third-order valence-corrected chi connectivity index (χ3v) is 5.38. The van der Waals surface area contributed by atoms with Crippen LogP contribution >= 0.6 is 34.8 Å². The highest BCUT2D eigenvalue weighted by molar-refractivity contribution is 6.36. The van der Waals surface area contributed by atoms with E-state index < -0.39 is 0 Å². The van der Waals surface area contributed by atoms with Crippen LogP contribution in [0, 0.1) is 0 Å². The van der Waals surface area contributed by atoms with E-state index in [0.29, 0.717) is 38.6 Å². The number of benzene rings is 2. The van der Waals surface area contributed by atoms with Crippen LogP contribution in [0.15, 0.2) is 42.5 Å². The maximum absolute atomic E-state index is 12.4. The van der Waals surface area contributed by atoms with Gasteiger partial charge in [0.15, 0.2) is 0 Å². The molecule has 0 bridgehead atoms. The van der Waals surface area contributed by atoms with Gasteiger partial charge < -0.3 is 4.74 Å². The lowest BCUT2D eigenvalue weighted by Crippen LogP contribution is -2.16. The van der Waals surface area contributed by atoms with Crippen LogP contribution in [-0.4, -0.2) is 27.6 Å². The molecule has 0 radical (unpaired) electrons. The maximum Gasteiger partial charge on any atom is 0.327 e. The lowest BCUT2D eigenvalue weighted by atomic mass is 10.0. The summed E-state index contributed by atoms with van der Waals surface area (Å²) in [6, 6.07) is 12.4. The number of aromatic nitrogens is 3. The zero-order chi connectivity index (χ0) is 21.5. The largest absolute Gasteiger partial charge is 0.464 e. The molecule has 158 valence electrons. The summed E-state index contributed by atoms with van der Waals surface area (Å²) < 4.78 is 6.89. The Kier molecular flexibility index (Phi) is 8.14. The minimum absolute atomic E-state index is 0.0516. The first-order chi connectivity index (χ1) is 14.5. The van der Waals surface area contributed by atoms with Crippen molar-refractivity contribution in [3.8, 4) is 22.5 Å². The molecule has 5 nitrogen and oxygen atoms in total. The van der Waals surface area contributed by atoms with Gasteiger partial charge in [-0.15, -0.1) is 5.10 Å². The molecule has 0 amide bonds. The number of carbonyl (C=O) groups is 1. The summed E-state index contributed by atoms with van der Waals surface area (Å²) in [5.41, 5.74) is 2.68. The van der Waals surface area contributed by atoms with Crippen LogP contribution in [0.3, 0.4) is 0 Å². The van der Waals surface area contributed by atoms with Crippen molar-refractivity contribution in [2.75, 3.05) is 6.61 Å². The van der Waals surface area contributed by atoms with Crippen molar-refractivity contribution < 1.29 is 9.53 Å². The van der Waals surface area contributed by atoms with E-state index in [9.17, 15) is 4.79 Å². The van der Waals surface area contributed by atoms with Crippen molar-refractivity contribution in [3.63, 3.8) is 0 Å². The van der Waals surface area contributed by atoms with E-state index in [2.05, 4.69) is 17.2 Å². The first-order valence-corrected chi connectivity index (χ1v) is 10.9. The summed E-state index contributed by atoms with van der Waals surface area (Å²) in [6.07, 6.45) is 4.16. The highest BCUT2D eigenvalue weighted by Gasteiger charge is 2.21. The Morgan fingerprint density at radius 2 is 1.73 bits per heavy atom. The Morgan fingerprint density at radius 3 is 2.43 bits per heavy atom. The second-order valence-corrected chi connectivity index (χ2v) is 8.14. The molecular formula is C22H22Cl3N3O2. The van der Waals surface area contributed by atoms with Crippen LogP contribution in [0.5, 0.6) is 0 Å². The van der Waals surface area contributed by atoms with Gasteiger partial charge in [0, 0.05) is 21.2 Å². The predicted molar refractivity (Wildman–Crippen MR) is 121 cm³/mol. The van der Waals surface area contributed by atoms with Gasteiger partial charge in [0.2, 0.25) is 0 Å². The first-order valence-electron chi connectivity index (χ1n) is 9.80. The number of rotatable bonds is 9. The standard InChI is InChI=1S/C22H22Cl3N3O2/c1-2-3-4-5-12-30-20(29)14-28-22(15-6-8-16(23)9-7-15)21(26-27-28)18-11-10-17(24)13-19(18)25/h6-11,13H,2-5,12,14H2,1H3. The molecule has 3 rings (SSSR count). The van der Waals surface area contributed by atoms with Crippen LogP contribution in [0.25, 0.3) is 22.5 Å². The summed E-state index contributed by atoms with van der Waals surface area (Å²) in [7, 11) is 0. The fourth-order valence-corrected chi connectivity index (χ4v) is 3.69. The maximum atomic E-state index is 12.4. The van der Waals surface area contributed by atoms with Crippen molar-refractivity contribution in [1.29, 1.82) is 0 Å². The van der Waals surface area contributed by atoms with Gasteiger partial charge in [0.05, 0.1) is 17.3 Å². The van der Waals surface area contributed by atoms with E-state index in [1.54, 1.807) is 30.3 Å². The number of carbonyl (C=O) groups excluding carboxylic acids is 1. The molecule has 30 heavy (non-hydrogen) atoms. The van der Waals surface area contributed by atoms with Crippen molar-refractivity contribution >= 4 is 40.8 Å². The van der Waals surface area contributed by atoms with E-state index in [1.165, 1.54) is 4.68 Å². The van der Waals surface area contributed by atoms with E-state index in [4.69, 9.17) is 39.5 Å². The van der Waals surface area contributed by atoms with Gasteiger partial charge >= 0.3 is 5.97 Å². The molecule has 0 unspecified atom stereocenters. The van der Waals surface area contributed by atoms with E-state index in [0.717, 1.165) is 31.2 Å². The highest BCUT2D eigenvalue weighted by atomic mass is 35.5. The Balaban J connectivity index is 1.89. The van der Waals surface area contributed by atoms with Gasteiger partial charge in [-0.05, 0) is 36.8 Å². The molecule has 0 aliphatic heterocycles. The highest BCUT2D eigenvalue weighted by Crippen LogP contribution is 2.36. The van der Waals surface area contributed by atoms with Crippen molar-refractivity contribution in [3.05, 3.63) is 57.5 Å². The molecule has 0 atom stereocenters. The molecule has 0 saturated heterocycles. The van der Waals surface area contributed by atoms with Crippen molar-refractivity contribution in [1.82, 2.24) is 15.0 Å². The Hall–Kier alpha value is -2.08. The number of hydrogen-bond acceptors (Lipinski definition) is 4. The third-order valence-electron chi connectivity index (χ3n) is 4.58. The lowest BCUT2D eigenvalue weighted by Gasteiger charge is -2.10. The average molecular weight is 467 g/mol. The summed E-state index contributed by atoms with van der Waals surface area (Å²) in [6.45, 7) is 2.49. The molecule has 1 heterocycles. The Labute approximate surface area is 190 Å². The zero-order valence-corrected chi connectivity index (χ0v) is 18.8.